The zero-order chi connectivity index (χ0) is 22.0. The van der Waals surface area contributed by atoms with Crippen molar-refractivity contribution in [3.8, 4) is 5.75 Å². The van der Waals surface area contributed by atoms with Crippen LogP contribution in [0.2, 0.25) is 5.02 Å². The van der Waals surface area contributed by atoms with Crippen LogP contribution in [-0.2, 0) is 11.4 Å². The predicted molar refractivity (Wildman–Crippen MR) is 118 cm³/mol. The number of thiazole rings is 1. The molecule has 0 unspecified atom stereocenters. The van der Waals surface area contributed by atoms with Gasteiger partial charge in [-0.3, -0.25) is 19.8 Å². The van der Waals surface area contributed by atoms with Crippen molar-refractivity contribution < 1.29 is 14.5 Å². The average molecular weight is 446 g/mol. The van der Waals surface area contributed by atoms with E-state index in [2.05, 4.69) is 4.98 Å². The Bertz CT molecular complexity index is 1110. The fourth-order valence-corrected chi connectivity index (χ4v) is 4.42. The first-order valence-electron chi connectivity index (χ1n) is 9.07. The van der Waals surface area contributed by atoms with Crippen molar-refractivity contribution in [2.24, 2.45) is 0 Å². The number of ether oxygens (including phenoxy) is 1. The van der Waals surface area contributed by atoms with E-state index in [0.717, 1.165) is 11.1 Å². The van der Waals surface area contributed by atoms with Crippen molar-refractivity contribution in [3.63, 3.8) is 0 Å². The van der Waals surface area contributed by atoms with E-state index in [4.69, 9.17) is 16.3 Å². The summed E-state index contributed by atoms with van der Waals surface area (Å²) < 4.78 is 5.75. The molecule has 0 aliphatic heterocycles. The van der Waals surface area contributed by atoms with Gasteiger partial charge in [0.1, 0.15) is 12.4 Å². The number of nitro groups is 1. The molecule has 3 aromatic rings. The maximum absolute atomic E-state index is 12.4. The van der Waals surface area contributed by atoms with Crippen LogP contribution in [0.4, 0.5) is 16.5 Å². The number of hydrogen-bond donors (Lipinski definition) is 0. The summed E-state index contributed by atoms with van der Waals surface area (Å²) in [5.41, 5.74) is 3.53. The molecule has 0 aliphatic rings. The lowest BCUT2D eigenvalue weighted by molar-refractivity contribution is -0.385. The Morgan fingerprint density at radius 3 is 2.67 bits per heavy atom. The highest BCUT2D eigenvalue weighted by Gasteiger charge is 2.23. The molecule has 30 heavy (non-hydrogen) atoms. The van der Waals surface area contributed by atoms with Gasteiger partial charge < -0.3 is 4.74 Å². The van der Waals surface area contributed by atoms with E-state index in [-0.39, 0.29) is 18.2 Å². The Morgan fingerprint density at radius 1 is 1.30 bits per heavy atom. The maximum atomic E-state index is 12.4. The highest BCUT2D eigenvalue weighted by Crippen LogP contribution is 2.37. The third-order valence-corrected chi connectivity index (χ3v) is 5.66. The summed E-state index contributed by atoms with van der Waals surface area (Å²) in [6.45, 7) is 7.05. The molecule has 156 valence electrons. The van der Waals surface area contributed by atoms with Crippen LogP contribution in [0, 0.1) is 30.9 Å². The van der Waals surface area contributed by atoms with Gasteiger partial charge in [0.05, 0.1) is 26.9 Å². The summed E-state index contributed by atoms with van der Waals surface area (Å²) in [6, 6.07) is 8.45. The molecule has 0 bridgehead atoms. The van der Waals surface area contributed by atoms with Crippen molar-refractivity contribution in [1.29, 1.82) is 0 Å². The van der Waals surface area contributed by atoms with Crippen LogP contribution in [0.25, 0.3) is 0 Å². The third kappa shape index (κ3) is 4.44. The van der Waals surface area contributed by atoms with E-state index in [1.807, 2.05) is 26.0 Å². The van der Waals surface area contributed by atoms with Gasteiger partial charge in [0.15, 0.2) is 5.13 Å². The van der Waals surface area contributed by atoms with Crippen LogP contribution in [0.5, 0.6) is 5.75 Å². The predicted octanol–water partition coefficient (Wildman–Crippen LogP) is 5.89. The van der Waals surface area contributed by atoms with E-state index in [0.29, 0.717) is 32.8 Å². The Hall–Kier alpha value is -2.97. The zero-order valence-corrected chi connectivity index (χ0v) is 18.5. The van der Waals surface area contributed by atoms with Crippen molar-refractivity contribution in [2.75, 3.05) is 4.90 Å². The molecule has 0 fully saturated rings. The lowest BCUT2D eigenvalue weighted by Gasteiger charge is -2.22. The summed E-state index contributed by atoms with van der Waals surface area (Å²) in [6.07, 6.45) is 0. The molecule has 2 aromatic carbocycles. The van der Waals surface area contributed by atoms with Gasteiger partial charge in [-0.05, 0) is 44.0 Å². The summed E-state index contributed by atoms with van der Waals surface area (Å²) in [4.78, 5) is 29.1. The minimum absolute atomic E-state index is 0.00119. The average Bonchev–Trinajstić information content (AvgIpc) is 3.11. The van der Waals surface area contributed by atoms with Crippen molar-refractivity contribution in [3.05, 3.63) is 73.2 Å². The van der Waals surface area contributed by atoms with E-state index >= 15 is 0 Å². The topological polar surface area (TPSA) is 85.6 Å². The van der Waals surface area contributed by atoms with Crippen LogP contribution < -0.4 is 9.64 Å². The molecule has 7 nitrogen and oxygen atoms in total. The number of nitro benzene ring substituents is 1. The van der Waals surface area contributed by atoms with Gasteiger partial charge in [-0.15, -0.1) is 11.3 Å². The first-order valence-corrected chi connectivity index (χ1v) is 10.3. The number of halogens is 1. The quantitative estimate of drug-likeness (QED) is 0.348. The zero-order valence-electron chi connectivity index (χ0n) is 16.9. The summed E-state index contributed by atoms with van der Waals surface area (Å²) >= 11 is 7.73. The Balaban J connectivity index is 1.86. The largest absolute Gasteiger partial charge is 0.487 e. The van der Waals surface area contributed by atoms with Gasteiger partial charge in [0.2, 0.25) is 5.91 Å². The number of aromatic nitrogens is 1. The Labute approximate surface area is 183 Å². The van der Waals surface area contributed by atoms with Crippen molar-refractivity contribution >= 4 is 45.4 Å². The van der Waals surface area contributed by atoms with Crippen molar-refractivity contribution in [2.45, 2.75) is 34.3 Å². The smallest absolute Gasteiger partial charge is 0.276 e. The molecule has 0 spiro atoms. The number of hydrogen-bond acceptors (Lipinski definition) is 6. The second-order valence-corrected chi connectivity index (χ2v) is 8.08. The first kappa shape index (κ1) is 21.7. The fraction of sp³-hybridized carbons (Fsp3) is 0.238. The molecule has 0 atom stereocenters. The maximum Gasteiger partial charge on any atom is 0.276 e. The minimum atomic E-state index is -0.443. The molecule has 0 saturated carbocycles. The highest BCUT2D eigenvalue weighted by molar-refractivity contribution is 7.14. The van der Waals surface area contributed by atoms with Gasteiger partial charge in [0.25, 0.3) is 5.69 Å². The van der Waals surface area contributed by atoms with Crippen LogP contribution in [0.3, 0.4) is 0 Å². The van der Waals surface area contributed by atoms with Crippen LogP contribution in [-0.4, -0.2) is 15.8 Å². The molecule has 0 aliphatic carbocycles. The second-order valence-electron chi connectivity index (χ2n) is 6.83. The Morgan fingerprint density at radius 2 is 2.03 bits per heavy atom. The Kier molecular flexibility index (Phi) is 6.38. The van der Waals surface area contributed by atoms with E-state index in [9.17, 15) is 14.9 Å². The lowest BCUT2D eigenvalue weighted by Crippen LogP contribution is -2.24. The van der Waals surface area contributed by atoms with Gasteiger partial charge in [0, 0.05) is 18.4 Å². The third-order valence-electron chi connectivity index (χ3n) is 4.50. The van der Waals surface area contributed by atoms with Crippen LogP contribution >= 0.6 is 22.9 Å². The highest BCUT2D eigenvalue weighted by atomic mass is 35.5. The molecule has 0 radical (unpaired) electrons. The molecule has 0 saturated heterocycles. The monoisotopic (exact) mass is 445 g/mol. The van der Waals surface area contributed by atoms with E-state index < -0.39 is 4.92 Å². The number of aryl methyl sites for hydroxylation is 2. The first-order chi connectivity index (χ1) is 14.2. The number of carbonyl (C=O) groups excluding carboxylic acids is 1. The minimum Gasteiger partial charge on any atom is -0.487 e. The molecule has 3 rings (SSSR count). The molecule has 0 N–H and O–H groups in total. The number of carbonyl (C=O) groups is 1. The van der Waals surface area contributed by atoms with Crippen LogP contribution in [0.15, 0.2) is 35.7 Å². The van der Waals surface area contributed by atoms with E-state index in [1.54, 1.807) is 24.4 Å². The van der Waals surface area contributed by atoms with Crippen LogP contribution in [0.1, 0.15) is 29.3 Å². The normalized spacial score (nSPS) is 10.7. The molecule has 9 heteroatoms. The van der Waals surface area contributed by atoms with E-state index in [1.165, 1.54) is 29.2 Å². The lowest BCUT2D eigenvalue weighted by atomic mass is 10.1. The van der Waals surface area contributed by atoms with Gasteiger partial charge >= 0.3 is 0 Å². The van der Waals surface area contributed by atoms with Gasteiger partial charge in [-0.25, -0.2) is 4.98 Å². The standard InChI is InChI=1S/C21H20ClN3O4S/c1-12-8-13(2)20(17(22)9-12)24(15(4)26)21-23-16(11-30-21)10-29-19-7-5-6-18(14(19)3)25(27)28/h5-9,11H,10H2,1-4H3. The second kappa shape index (κ2) is 8.81. The summed E-state index contributed by atoms with van der Waals surface area (Å²) in [5, 5.41) is 13.8. The number of nitrogens with zero attached hydrogens (tertiary/aromatic N) is 3. The van der Waals surface area contributed by atoms with Gasteiger partial charge in [-0.2, -0.15) is 0 Å². The molecule has 1 heterocycles. The van der Waals surface area contributed by atoms with Gasteiger partial charge in [-0.1, -0.05) is 23.7 Å². The SMILES string of the molecule is CC(=O)N(c1nc(COc2cccc([N+](=O)[O-])c2C)cs1)c1c(C)cc(C)cc1Cl. The summed E-state index contributed by atoms with van der Waals surface area (Å²) in [7, 11) is 0. The molecule has 1 amide bonds. The number of amides is 1. The number of anilines is 2. The number of benzene rings is 2. The summed E-state index contributed by atoms with van der Waals surface area (Å²) in [5.74, 6) is 0.208. The molecule has 1 aromatic heterocycles. The van der Waals surface area contributed by atoms with Crippen molar-refractivity contribution in [1.82, 2.24) is 4.98 Å². The molecular weight excluding hydrogens is 426 g/mol. The molecular formula is C21H20ClN3O4S. The fourth-order valence-electron chi connectivity index (χ4n) is 3.15. The number of rotatable bonds is 6.